The summed E-state index contributed by atoms with van der Waals surface area (Å²) in [6.07, 6.45) is 5.38. The van der Waals surface area contributed by atoms with Crippen molar-refractivity contribution in [2.45, 2.75) is 45.1 Å². The van der Waals surface area contributed by atoms with Gasteiger partial charge in [-0.15, -0.1) is 0 Å². The minimum atomic E-state index is -0.639. The predicted molar refractivity (Wildman–Crippen MR) is 98.7 cm³/mol. The maximum Gasteiger partial charge on any atom is 0.344 e. The lowest BCUT2D eigenvalue weighted by Crippen LogP contribution is -2.39. The Morgan fingerprint density at radius 1 is 1.15 bits per heavy atom. The molecule has 1 aliphatic rings. The van der Waals surface area contributed by atoms with Crippen LogP contribution in [-0.2, 0) is 14.3 Å². The molecule has 1 amide bonds. The third-order valence-corrected chi connectivity index (χ3v) is 4.61. The minimum Gasteiger partial charge on any atom is -0.482 e. The zero-order chi connectivity index (χ0) is 19.2. The number of amides is 1. The number of hydrogen-bond acceptors (Lipinski definition) is 6. The van der Waals surface area contributed by atoms with Crippen molar-refractivity contribution < 1.29 is 23.5 Å². The Hall–Kier alpha value is -2.83. The van der Waals surface area contributed by atoms with E-state index in [1.165, 1.54) is 12.5 Å². The Kier molecular flexibility index (Phi) is 6.11. The molecule has 0 bridgehead atoms. The highest BCUT2D eigenvalue weighted by Gasteiger charge is 2.16. The average Bonchev–Trinajstić information content (AvgIpc) is 2.65. The molecule has 7 nitrogen and oxygen atoms in total. The molecule has 1 aromatic heterocycles. The Morgan fingerprint density at radius 2 is 1.93 bits per heavy atom. The minimum absolute atomic E-state index is 0.178. The molecule has 1 aromatic carbocycles. The number of fused-ring (bicyclic) bond motifs is 1. The lowest BCUT2D eigenvalue weighted by atomic mass is 9.95. The van der Waals surface area contributed by atoms with Crippen LogP contribution in [0.3, 0.4) is 0 Å². The SMILES string of the molecule is Cc1cc(=O)oc2cc(OCC(=O)OCC(=O)NC3CCCCC3)ccc12. The highest BCUT2D eigenvalue weighted by atomic mass is 16.6. The van der Waals surface area contributed by atoms with Crippen LogP contribution in [0.15, 0.2) is 33.5 Å². The van der Waals surface area contributed by atoms with E-state index in [4.69, 9.17) is 13.9 Å². The molecule has 1 saturated carbocycles. The van der Waals surface area contributed by atoms with Crippen molar-refractivity contribution in [1.29, 1.82) is 0 Å². The first-order chi connectivity index (χ1) is 13.0. The van der Waals surface area contributed by atoms with Crippen LogP contribution in [0.5, 0.6) is 5.75 Å². The van der Waals surface area contributed by atoms with Gasteiger partial charge in [0.05, 0.1) is 0 Å². The number of carbonyl (C=O) groups is 2. The molecule has 0 atom stereocenters. The highest BCUT2D eigenvalue weighted by Crippen LogP contribution is 2.22. The van der Waals surface area contributed by atoms with Gasteiger partial charge in [-0.3, -0.25) is 4.79 Å². The van der Waals surface area contributed by atoms with E-state index in [9.17, 15) is 14.4 Å². The van der Waals surface area contributed by atoms with Gasteiger partial charge in [-0.25, -0.2) is 9.59 Å². The number of nitrogens with one attached hydrogen (secondary N) is 1. The quantitative estimate of drug-likeness (QED) is 0.617. The van der Waals surface area contributed by atoms with E-state index in [1.54, 1.807) is 18.2 Å². The molecule has 0 radical (unpaired) electrons. The van der Waals surface area contributed by atoms with Crippen LogP contribution in [0.25, 0.3) is 11.0 Å². The number of carbonyl (C=O) groups excluding carboxylic acids is 2. The molecular formula is C20H23NO6. The second-order valence-electron chi connectivity index (χ2n) is 6.76. The van der Waals surface area contributed by atoms with Gasteiger partial charge in [0, 0.05) is 23.6 Å². The van der Waals surface area contributed by atoms with Gasteiger partial charge in [-0.2, -0.15) is 0 Å². The molecule has 7 heteroatoms. The van der Waals surface area contributed by atoms with E-state index in [2.05, 4.69) is 5.32 Å². The fraction of sp³-hybridized carbons (Fsp3) is 0.450. The van der Waals surface area contributed by atoms with Crippen LogP contribution >= 0.6 is 0 Å². The number of esters is 1. The normalized spacial score (nSPS) is 14.7. The molecule has 0 saturated heterocycles. The molecule has 0 unspecified atom stereocenters. The first-order valence-corrected chi connectivity index (χ1v) is 9.13. The number of benzene rings is 1. The van der Waals surface area contributed by atoms with E-state index in [0.717, 1.165) is 36.6 Å². The first kappa shape index (κ1) is 18.9. The Labute approximate surface area is 156 Å². The van der Waals surface area contributed by atoms with Gasteiger partial charge in [-0.1, -0.05) is 19.3 Å². The third-order valence-electron chi connectivity index (χ3n) is 4.61. The monoisotopic (exact) mass is 373 g/mol. The summed E-state index contributed by atoms with van der Waals surface area (Å²) in [6, 6.07) is 6.58. The van der Waals surface area contributed by atoms with Crippen LogP contribution in [0.1, 0.15) is 37.7 Å². The fourth-order valence-corrected chi connectivity index (χ4v) is 3.24. The molecule has 0 spiro atoms. The second-order valence-corrected chi connectivity index (χ2v) is 6.76. The predicted octanol–water partition coefficient (Wildman–Crippen LogP) is 2.47. The maximum atomic E-state index is 11.8. The zero-order valence-electron chi connectivity index (χ0n) is 15.3. The van der Waals surface area contributed by atoms with Gasteiger partial charge in [0.25, 0.3) is 5.91 Å². The van der Waals surface area contributed by atoms with E-state index in [-0.39, 0.29) is 25.2 Å². The van der Waals surface area contributed by atoms with Crippen molar-refractivity contribution in [1.82, 2.24) is 5.32 Å². The smallest absolute Gasteiger partial charge is 0.344 e. The van der Waals surface area contributed by atoms with Crippen LogP contribution in [-0.4, -0.2) is 31.1 Å². The molecule has 1 heterocycles. The van der Waals surface area contributed by atoms with Crippen molar-refractivity contribution in [2.24, 2.45) is 0 Å². The van der Waals surface area contributed by atoms with Crippen molar-refractivity contribution in [3.63, 3.8) is 0 Å². The summed E-state index contributed by atoms with van der Waals surface area (Å²) < 4.78 is 15.4. The second kappa shape index (κ2) is 8.70. The fourth-order valence-electron chi connectivity index (χ4n) is 3.24. The topological polar surface area (TPSA) is 94.8 Å². The zero-order valence-corrected chi connectivity index (χ0v) is 15.3. The van der Waals surface area contributed by atoms with E-state index in [1.807, 2.05) is 6.92 Å². The molecule has 0 aliphatic heterocycles. The van der Waals surface area contributed by atoms with Gasteiger partial charge in [0.2, 0.25) is 0 Å². The standard InChI is InChI=1S/C20H23NO6/c1-13-9-19(23)27-17-10-15(7-8-16(13)17)25-12-20(24)26-11-18(22)21-14-5-3-2-4-6-14/h7-10,14H,2-6,11-12H2,1H3,(H,21,22). The van der Waals surface area contributed by atoms with Crippen molar-refractivity contribution in [3.8, 4) is 5.75 Å². The summed E-state index contributed by atoms with van der Waals surface area (Å²) in [5.74, 6) is -0.558. The lowest BCUT2D eigenvalue weighted by Gasteiger charge is -2.22. The number of aryl methyl sites for hydroxylation is 1. The Morgan fingerprint density at radius 3 is 2.70 bits per heavy atom. The summed E-state index contributed by atoms with van der Waals surface area (Å²) in [4.78, 5) is 35.1. The van der Waals surface area contributed by atoms with Crippen molar-refractivity contribution in [3.05, 3.63) is 40.2 Å². The van der Waals surface area contributed by atoms with Gasteiger partial charge in [-0.05, 0) is 37.5 Å². The van der Waals surface area contributed by atoms with Crippen LogP contribution in [0.4, 0.5) is 0 Å². The molecule has 144 valence electrons. The third kappa shape index (κ3) is 5.32. The number of rotatable bonds is 6. The van der Waals surface area contributed by atoms with E-state index >= 15 is 0 Å². The average molecular weight is 373 g/mol. The van der Waals surface area contributed by atoms with Crippen molar-refractivity contribution >= 4 is 22.8 Å². The van der Waals surface area contributed by atoms with Crippen LogP contribution < -0.4 is 15.7 Å². The number of ether oxygens (including phenoxy) is 2. The van der Waals surface area contributed by atoms with Gasteiger partial charge in [0.15, 0.2) is 13.2 Å². The Balaban J connectivity index is 1.46. The molecule has 1 aliphatic carbocycles. The molecule has 1 fully saturated rings. The molecule has 2 aromatic rings. The molecular weight excluding hydrogens is 350 g/mol. The summed E-state index contributed by atoms with van der Waals surface area (Å²) in [6.45, 7) is 1.16. The van der Waals surface area contributed by atoms with Gasteiger partial charge >= 0.3 is 11.6 Å². The van der Waals surface area contributed by atoms with E-state index < -0.39 is 11.6 Å². The van der Waals surface area contributed by atoms with Gasteiger partial charge < -0.3 is 19.2 Å². The first-order valence-electron chi connectivity index (χ1n) is 9.13. The summed E-state index contributed by atoms with van der Waals surface area (Å²) in [5, 5.41) is 3.68. The number of hydrogen-bond donors (Lipinski definition) is 1. The molecule has 3 rings (SSSR count). The van der Waals surface area contributed by atoms with Crippen LogP contribution in [0, 0.1) is 6.92 Å². The van der Waals surface area contributed by atoms with Crippen LogP contribution in [0.2, 0.25) is 0 Å². The summed E-state index contributed by atoms with van der Waals surface area (Å²) in [5.41, 5.74) is 0.745. The Bertz CT molecular complexity index is 882. The van der Waals surface area contributed by atoms with E-state index in [0.29, 0.717) is 11.3 Å². The van der Waals surface area contributed by atoms with Crippen molar-refractivity contribution in [2.75, 3.05) is 13.2 Å². The summed E-state index contributed by atoms with van der Waals surface area (Å²) in [7, 11) is 0. The lowest BCUT2D eigenvalue weighted by molar-refractivity contribution is -0.150. The largest absolute Gasteiger partial charge is 0.482 e. The molecule has 1 N–H and O–H groups in total. The summed E-state index contributed by atoms with van der Waals surface area (Å²) >= 11 is 0. The highest BCUT2D eigenvalue weighted by molar-refractivity contribution is 5.82. The van der Waals surface area contributed by atoms with Gasteiger partial charge in [0.1, 0.15) is 11.3 Å². The maximum absolute atomic E-state index is 11.8. The molecule has 27 heavy (non-hydrogen) atoms.